The number of nitrogens with zero attached hydrogens (tertiary/aromatic N) is 3. The fourth-order valence-corrected chi connectivity index (χ4v) is 5.28. The van der Waals surface area contributed by atoms with Gasteiger partial charge in [0, 0.05) is 35.8 Å². The molecule has 168 valence electrons. The van der Waals surface area contributed by atoms with Crippen molar-refractivity contribution in [2.24, 2.45) is 0 Å². The Kier molecular flexibility index (Phi) is 6.05. The molecule has 2 aliphatic heterocycles. The zero-order valence-electron chi connectivity index (χ0n) is 18.3. The number of likely N-dealkylation sites (tertiary alicyclic amines) is 1. The number of para-hydroxylation sites is 1. The highest BCUT2D eigenvalue weighted by molar-refractivity contribution is 8.18. The van der Waals surface area contributed by atoms with E-state index in [2.05, 4.69) is 0 Å². The maximum Gasteiger partial charge on any atom is 0.293 e. The highest BCUT2D eigenvalue weighted by Crippen LogP contribution is 2.35. The minimum Gasteiger partial charge on any atom is -0.341 e. The first-order valence-electron chi connectivity index (χ1n) is 11.2. The van der Waals surface area contributed by atoms with Crippen molar-refractivity contribution in [2.45, 2.75) is 32.4 Å². The third-order valence-electron chi connectivity index (χ3n) is 6.18. The number of carbonyl (C=O) groups excluding carboxylic acids is 3. The van der Waals surface area contributed by atoms with E-state index in [1.807, 2.05) is 70.3 Å². The van der Waals surface area contributed by atoms with E-state index in [9.17, 15) is 14.4 Å². The Balaban J connectivity index is 1.41. The van der Waals surface area contributed by atoms with Gasteiger partial charge in [0.25, 0.3) is 11.1 Å². The normalized spacial score (nSPS) is 18.0. The van der Waals surface area contributed by atoms with Gasteiger partial charge in [-0.05, 0) is 48.7 Å². The van der Waals surface area contributed by atoms with Crippen molar-refractivity contribution in [1.82, 2.24) is 14.4 Å². The van der Waals surface area contributed by atoms with Crippen LogP contribution in [0.15, 0.2) is 65.7 Å². The zero-order valence-corrected chi connectivity index (χ0v) is 19.1. The number of hydrogen-bond donors (Lipinski definition) is 0. The number of thioether (sulfide) groups is 1. The van der Waals surface area contributed by atoms with Gasteiger partial charge in [-0.3, -0.25) is 19.3 Å². The van der Waals surface area contributed by atoms with Crippen molar-refractivity contribution in [1.29, 1.82) is 0 Å². The van der Waals surface area contributed by atoms with E-state index in [0.717, 1.165) is 59.7 Å². The Labute approximate surface area is 196 Å². The predicted molar refractivity (Wildman–Crippen MR) is 130 cm³/mol. The molecule has 0 radical (unpaired) electrons. The molecule has 3 amide bonds. The molecular weight excluding hydrogens is 434 g/mol. The molecule has 3 aromatic rings. The van der Waals surface area contributed by atoms with Crippen molar-refractivity contribution < 1.29 is 14.4 Å². The Morgan fingerprint density at radius 2 is 1.67 bits per heavy atom. The second-order valence-corrected chi connectivity index (χ2v) is 9.42. The molecule has 2 saturated heterocycles. The van der Waals surface area contributed by atoms with E-state index >= 15 is 0 Å². The van der Waals surface area contributed by atoms with Crippen LogP contribution in [0.5, 0.6) is 0 Å². The maximum atomic E-state index is 13.0. The van der Waals surface area contributed by atoms with E-state index in [0.29, 0.717) is 4.91 Å². The summed E-state index contributed by atoms with van der Waals surface area (Å²) >= 11 is 0.964. The summed E-state index contributed by atoms with van der Waals surface area (Å²) in [5, 5.41) is 0.693. The Morgan fingerprint density at radius 3 is 2.45 bits per heavy atom. The second kappa shape index (κ2) is 9.27. The lowest BCUT2D eigenvalue weighted by molar-refractivity contribution is -0.132. The third kappa shape index (κ3) is 4.46. The molecular formula is C26H25N3O3S. The van der Waals surface area contributed by atoms with Gasteiger partial charge in [0.05, 0.1) is 11.4 Å². The van der Waals surface area contributed by atoms with Gasteiger partial charge in [-0.25, -0.2) is 0 Å². The van der Waals surface area contributed by atoms with Crippen LogP contribution >= 0.6 is 11.8 Å². The highest BCUT2D eigenvalue weighted by Gasteiger charge is 2.35. The van der Waals surface area contributed by atoms with Gasteiger partial charge in [-0.1, -0.05) is 48.5 Å². The molecule has 0 bridgehead atoms. The average molecular weight is 460 g/mol. The predicted octanol–water partition coefficient (Wildman–Crippen LogP) is 4.89. The van der Waals surface area contributed by atoms with Crippen molar-refractivity contribution in [3.63, 3.8) is 0 Å². The number of piperidine rings is 1. The first-order valence-corrected chi connectivity index (χ1v) is 12.1. The van der Waals surface area contributed by atoms with Gasteiger partial charge >= 0.3 is 0 Å². The molecule has 2 aromatic carbocycles. The van der Waals surface area contributed by atoms with Crippen LogP contribution in [-0.4, -0.2) is 44.5 Å². The Morgan fingerprint density at radius 1 is 0.939 bits per heavy atom. The molecule has 6 nitrogen and oxygen atoms in total. The highest BCUT2D eigenvalue weighted by atomic mass is 32.2. The first-order chi connectivity index (χ1) is 16.1. The summed E-state index contributed by atoms with van der Waals surface area (Å²) in [4.78, 5) is 42.0. The molecule has 5 rings (SSSR count). The molecule has 7 heteroatoms. The van der Waals surface area contributed by atoms with Gasteiger partial charge in [0.2, 0.25) is 5.91 Å². The lowest BCUT2D eigenvalue weighted by atomic mass is 10.1. The monoisotopic (exact) mass is 459 g/mol. The number of aromatic nitrogens is 1. The Hall–Kier alpha value is -3.32. The number of imide groups is 1. The van der Waals surface area contributed by atoms with Gasteiger partial charge < -0.3 is 9.47 Å². The fraction of sp³-hybridized carbons (Fsp3) is 0.269. The van der Waals surface area contributed by atoms with E-state index in [1.165, 1.54) is 11.3 Å². The molecule has 3 heterocycles. The van der Waals surface area contributed by atoms with Crippen LogP contribution in [0.4, 0.5) is 4.79 Å². The minimum atomic E-state index is -0.282. The van der Waals surface area contributed by atoms with E-state index in [4.69, 9.17) is 0 Å². The smallest absolute Gasteiger partial charge is 0.293 e. The summed E-state index contributed by atoms with van der Waals surface area (Å²) in [6.45, 7) is 2.16. The van der Waals surface area contributed by atoms with Crippen molar-refractivity contribution in [3.8, 4) is 0 Å². The summed E-state index contributed by atoms with van der Waals surface area (Å²) in [7, 11) is 0. The molecule has 2 fully saturated rings. The SMILES string of the molecule is O=C(Cn1cc(C=C2SC(=O)N(Cc3ccccc3)C2=O)c2ccccc21)N1CCCCC1. The summed E-state index contributed by atoms with van der Waals surface area (Å²) in [5.41, 5.74) is 2.69. The topological polar surface area (TPSA) is 62.6 Å². The quantitative estimate of drug-likeness (QED) is 0.510. The number of fused-ring (bicyclic) bond motifs is 1. The molecule has 0 saturated carbocycles. The largest absolute Gasteiger partial charge is 0.341 e. The summed E-state index contributed by atoms with van der Waals surface area (Å²) in [5.74, 6) is -0.166. The fourth-order valence-electron chi connectivity index (χ4n) is 4.45. The summed E-state index contributed by atoms with van der Waals surface area (Å²) in [6.07, 6.45) is 6.99. The van der Waals surface area contributed by atoms with E-state index in [1.54, 1.807) is 6.08 Å². The first kappa shape index (κ1) is 21.5. The standard InChI is InChI=1S/C26H25N3O3S/c30-24(27-13-7-2-8-14-27)18-28-17-20(21-11-5-6-12-22(21)28)15-23-25(31)29(26(32)33-23)16-19-9-3-1-4-10-19/h1,3-6,9-12,15,17H,2,7-8,13-14,16,18H2. The van der Waals surface area contributed by atoms with E-state index in [-0.39, 0.29) is 30.1 Å². The number of benzene rings is 2. The minimum absolute atomic E-state index is 0.116. The van der Waals surface area contributed by atoms with Crippen LogP contribution in [0, 0.1) is 0 Å². The van der Waals surface area contributed by atoms with Crippen LogP contribution < -0.4 is 0 Å². The molecule has 2 aliphatic rings. The molecule has 0 unspecified atom stereocenters. The third-order valence-corrected chi connectivity index (χ3v) is 7.08. The average Bonchev–Trinajstić information content (AvgIpc) is 3.32. The van der Waals surface area contributed by atoms with Crippen LogP contribution in [0.1, 0.15) is 30.4 Å². The molecule has 33 heavy (non-hydrogen) atoms. The number of hydrogen-bond acceptors (Lipinski definition) is 4. The van der Waals surface area contributed by atoms with Gasteiger partial charge in [0.15, 0.2) is 0 Å². The molecule has 0 atom stereocenters. The van der Waals surface area contributed by atoms with Crippen molar-refractivity contribution >= 4 is 45.8 Å². The molecule has 0 spiro atoms. The Bertz CT molecular complexity index is 1240. The van der Waals surface area contributed by atoms with Crippen LogP contribution in [0.3, 0.4) is 0 Å². The van der Waals surface area contributed by atoms with Crippen molar-refractivity contribution in [2.75, 3.05) is 13.1 Å². The number of amides is 3. The zero-order chi connectivity index (χ0) is 22.8. The van der Waals surface area contributed by atoms with Crippen molar-refractivity contribution in [3.05, 3.63) is 76.8 Å². The van der Waals surface area contributed by atoms with Crippen LogP contribution in [0.2, 0.25) is 0 Å². The van der Waals surface area contributed by atoms with Crippen LogP contribution in [0.25, 0.3) is 17.0 Å². The lowest BCUT2D eigenvalue weighted by Crippen LogP contribution is -2.37. The summed E-state index contributed by atoms with van der Waals surface area (Å²) < 4.78 is 1.95. The van der Waals surface area contributed by atoms with Crippen LogP contribution in [-0.2, 0) is 22.7 Å². The molecule has 1 aromatic heterocycles. The molecule has 0 N–H and O–H groups in total. The lowest BCUT2D eigenvalue weighted by Gasteiger charge is -2.27. The number of carbonyl (C=O) groups is 3. The molecule has 0 aliphatic carbocycles. The summed E-state index contributed by atoms with van der Waals surface area (Å²) in [6, 6.07) is 17.4. The maximum absolute atomic E-state index is 13.0. The second-order valence-electron chi connectivity index (χ2n) is 8.42. The van der Waals surface area contributed by atoms with E-state index < -0.39 is 0 Å². The van der Waals surface area contributed by atoms with Gasteiger partial charge in [0.1, 0.15) is 6.54 Å². The van der Waals surface area contributed by atoms with Gasteiger partial charge in [-0.15, -0.1) is 0 Å². The number of rotatable bonds is 5. The van der Waals surface area contributed by atoms with Gasteiger partial charge in [-0.2, -0.15) is 0 Å².